The lowest BCUT2D eigenvalue weighted by Gasteiger charge is -2.16. The second-order valence-corrected chi connectivity index (χ2v) is 6.86. The lowest BCUT2D eigenvalue weighted by Crippen LogP contribution is -1.99. The van der Waals surface area contributed by atoms with Crippen molar-refractivity contribution in [2.24, 2.45) is 0 Å². The molecule has 0 heterocycles. The molecule has 3 nitrogen and oxygen atoms in total. The quantitative estimate of drug-likeness (QED) is 0.697. The Morgan fingerprint density at radius 2 is 1.10 bits per heavy atom. The fourth-order valence-electron chi connectivity index (χ4n) is 1.97. The van der Waals surface area contributed by atoms with Crippen LogP contribution in [0.5, 0.6) is 11.5 Å². The second kappa shape index (κ2) is 6.82. The molecule has 0 bridgehead atoms. The number of aryl methyl sites for hydroxylation is 2. The first-order chi connectivity index (χ1) is 10.0. The summed E-state index contributed by atoms with van der Waals surface area (Å²) in [7, 11) is -3.18. The molecule has 0 saturated carbocycles. The lowest BCUT2D eigenvalue weighted by molar-refractivity contribution is 0.393. The van der Waals surface area contributed by atoms with E-state index in [1.165, 1.54) is 17.8 Å². The van der Waals surface area contributed by atoms with E-state index in [2.05, 4.69) is 13.8 Å². The molecule has 0 saturated heterocycles. The van der Waals surface area contributed by atoms with Crippen LogP contribution < -0.4 is 9.05 Å². The van der Waals surface area contributed by atoms with Gasteiger partial charge in [-0.1, -0.05) is 38.1 Å². The third-order valence-electron chi connectivity index (χ3n) is 3.21. The fourth-order valence-corrected chi connectivity index (χ4v) is 3.02. The molecule has 2 aromatic rings. The summed E-state index contributed by atoms with van der Waals surface area (Å²) in [5.41, 5.74) is 2.42. The van der Waals surface area contributed by atoms with Crippen molar-refractivity contribution in [2.45, 2.75) is 26.7 Å². The Bertz CT molecular complexity index is 564. The van der Waals surface area contributed by atoms with E-state index in [9.17, 15) is 4.57 Å². The molecule has 0 unspecified atom stereocenters. The Labute approximate surface area is 126 Å². The van der Waals surface area contributed by atoms with Gasteiger partial charge < -0.3 is 9.05 Å². The molecule has 0 radical (unpaired) electrons. The van der Waals surface area contributed by atoms with Crippen LogP contribution in [0, 0.1) is 0 Å². The van der Waals surface area contributed by atoms with Crippen molar-refractivity contribution >= 4 is 7.60 Å². The van der Waals surface area contributed by atoms with E-state index < -0.39 is 7.60 Å². The molecule has 0 amide bonds. The van der Waals surface area contributed by atoms with Crippen LogP contribution in [0.15, 0.2) is 48.5 Å². The standard InChI is InChI=1S/C17H21O3P/c1-4-14-6-10-16(11-7-14)19-21(3,18)20-17-12-8-15(5-2)9-13-17/h6-13H,4-5H2,1-3H3. The van der Waals surface area contributed by atoms with Crippen LogP contribution in [0.1, 0.15) is 25.0 Å². The van der Waals surface area contributed by atoms with E-state index in [1.54, 1.807) is 0 Å². The van der Waals surface area contributed by atoms with Gasteiger partial charge in [-0.2, -0.15) is 0 Å². The highest BCUT2D eigenvalue weighted by atomic mass is 31.2. The molecule has 0 atom stereocenters. The van der Waals surface area contributed by atoms with Gasteiger partial charge in [-0.3, -0.25) is 0 Å². The van der Waals surface area contributed by atoms with Crippen LogP contribution >= 0.6 is 7.60 Å². The van der Waals surface area contributed by atoms with Gasteiger partial charge in [0.25, 0.3) is 0 Å². The zero-order valence-corrected chi connectivity index (χ0v) is 13.6. The van der Waals surface area contributed by atoms with E-state index in [4.69, 9.17) is 9.05 Å². The summed E-state index contributed by atoms with van der Waals surface area (Å²) in [4.78, 5) is 0. The monoisotopic (exact) mass is 304 g/mol. The Morgan fingerprint density at radius 3 is 1.38 bits per heavy atom. The summed E-state index contributed by atoms with van der Waals surface area (Å²) in [6, 6.07) is 15.1. The van der Waals surface area contributed by atoms with Crippen LogP contribution in [0.25, 0.3) is 0 Å². The number of hydrogen-bond donors (Lipinski definition) is 0. The number of hydrogen-bond acceptors (Lipinski definition) is 3. The van der Waals surface area contributed by atoms with Gasteiger partial charge in [0.1, 0.15) is 11.5 Å². The minimum atomic E-state index is -3.18. The molecule has 2 aromatic carbocycles. The minimum absolute atomic E-state index is 0.559. The summed E-state index contributed by atoms with van der Waals surface area (Å²) >= 11 is 0. The van der Waals surface area contributed by atoms with Gasteiger partial charge in [-0.15, -0.1) is 0 Å². The fraction of sp³-hybridized carbons (Fsp3) is 0.294. The third kappa shape index (κ3) is 4.64. The van der Waals surface area contributed by atoms with E-state index in [-0.39, 0.29) is 0 Å². The molecule has 112 valence electrons. The molecule has 0 aliphatic rings. The van der Waals surface area contributed by atoms with Crippen molar-refractivity contribution < 1.29 is 13.6 Å². The van der Waals surface area contributed by atoms with Crippen molar-refractivity contribution in [3.05, 3.63) is 59.7 Å². The van der Waals surface area contributed by atoms with Crippen molar-refractivity contribution in [3.63, 3.8) is 0 Å². The van der Waals surface area contributed by atoms with Crippen LogP contribution in [0.3, 0.4) is 0 Å². The van der Waals surface area contributed by atoms with Gasteiger partial charge in [0.2, 0.25) is 0 Å². The molecular weight excluding hydrogens is 283 g/mol. The van der Waals surface area contributed by atoms with Crippen molar-refractivity contribution in [3.8, 4) is 11.5 Å². The van der Waals surface area contributed by atoms with Crippen molar-refractivity contribution in [1.82, 2.24) is 0 Å². The maximum Gasteiger partial charge on any atom is 0.427 e. The Balaban J connectivity index is 2.04. The maximum atomic E-state index is 12.4. The maximum absolute atomic E-state index is 12.4. The molecule has 21 heavy (non-hydrogen) atoms. The first kappa shape index (κ1) is 15.7. The van der Waals surface area contributed by atoms with Crippen LogP contribution in [-0.4, -0.2) is 6.66 Å². The molecule has 2 rings (SSSR count). The van der Waals surface area contributed by atoms with E-state index in [0.717, 1.165) is 12.8 Å². The van der Waals surface area contributed by atoms with Crippen LogP contribution in [0.4, 0.5) is 0 Å². The van der Waals surface area contributed by atoms with Gasteiger partial charge in [0, 0.05) is 0 Å². The summed E-state index contributed by atoms with van der Waals surface area (Å²) < 4.78 is 23.4. The van der Waals surface area contributed by atoms with Gasteiger partial charge in [-0.05, 0) is 48.2 Å². The Kier molecular flexibility index (Phi) is 5.08. The SMILES string of the molecule is CCc1ccc(OP(C)(=O)Oc2ccc(CC)cc2)cc1. The lowest BCUT2D eigenvalue weighted by atomic mass is 10.2. The molecule has 4 heteroatoms. The van der Waals surface area contributed by atoms with Crippen LogP contribution in [-0.2, 0) is 17.4 Å². The summed E-state index contributed by atoms with van der Waals surface area (Å²) in [6.45, 7) is 5.65. The predicted octanol–water partition coefficient (Wildman–Crippen LogP) is 5.09. The molecule has 0 aliphatic carbocycles. The number of benzene rings is 2. The summed E-state index contributed by atoms with van der Waals surface area (Å²) in [5, 5.41) is 0. The summed E-state index contributed by atoms with van der Waals surface area (Å²) in [5.74, 6) is 1.12. The molecule has 0 N–H and O–H groups in total. The van der Waals surface area contributed by atoms with Crippen LogP contribution in [0.2, 0.25) is 0 Å². The minimum Gasteiger partial charge on any atom is -0.416 e. The average molecular weight is 304 g/mol. The highest BCUT2D eigenvalue weighted by Crippen LogP contribution is 2.44. The van der Waals surface area contributed by atoms with E-state index >= 15 is 0 Å². The van der Waals surface area contributed by atoms with Gasteiger partial charge in [0.05, 0.1) is 6.66 Å². The largest absolute Gasteiger partial charge is 0.427 e. The third-order valence-corrected chi connectivity index (χ3v) is 4.29. The first-order valence-corrected chi connectivity index (χ1v) is 9.16. The Hall–Kier alpha value is -1.73. The molecule has 0 aliphatic heterocycles. The highest BCUT2D eigenvalue weighted by Gasteiger charge is 2.20. The topological polar surface area (TPSA) is 35.5 Å². The molecular formula is C17H21O3P. The second-order valence-electron chi connectivity index (χ2n) is 4.95. The number of rotatable bonds is 6. The zero-order chi connectivity index (χ0) is 15.3. The van der Waals surface area contributed by atoms with E-state index in [1.807, 2.05) is 48.5 Å². The predicted molar refractivity (Wildman–Crippen MR) is 86.4 cm³/mol. The normalized spacial score (nSPS) is 11.2. The van der Waals surface area contributed by atoms with Gasteiger partial charge >= 0.3 is 7.60 Å². The average Bonchev–Trinajstić information content (AvgIpc) is 2.48. The van der Waals surface area contributed by atoms with Gasteiger partial charge in [0.15, 0.2) is 0 Å². The molecule has 0 fully saturated rings. The highest BCUT2D eigenvalue weighted by molar-refractivity contribution is 7.53. The van der Waals surface area contributed by atoms with Crippen molar-refractivity contribution in [2.75, 3.05) is 6.66 Å². The molecule has 0 spiro atoms. The smallest absolute Gasteiger partial charge is 0.416 e. The molecule has 0 aromatic heterocycles. The van der Waals surface area contributed by atoms with E-state index in [0.29, 0.717) is 11.5 Å². The Morgan fingerprint density at radius 1 is 0.762 bits per heavy atom. The summed E-state index contributed by atoms with van der Waals surface area (Å²) in [6.07, 6.45) is 1.93. The van der Waals surface area contributed by atoms with Crippen molar-refractivity contribution in [1.29, 1.82) is 0 Å². The van der Waals surface area contributed by atoms with Gasteiger partial charge in [-0.25, -0.2) is 4.57 Å². The zero-order valence-electron chi connectivity index (χ0n) is 12.7. The first-order valence-electron chi connectivity index (χ1n) is 7.17.